The zero-order valence-electron chi connectivity index (χ0n) is 11.1. The van der Waals surface area contributed by atoms with Gasteiger partial charge in [-0.05, 0) is 13.1 Å². The van der Waals surface area contributed by atoms with Gasteiger partial charge in [-0.15, -0.1) is 0 Å². The van der Waals surface area contributed by atoms with Crippen LogP contribution in [0, 0.1) is 0 Å². The lowest BCUT2D eigenvalue weighted by molar-refractivity contribution is 0.229. The van der Waals surface area contributed by atoms with Crippen molar-refractivity contribution in [3.8, 4) is 0 Å². The number of aromatic nitrogens is 2. The Morgan fingerprint density at radius 3 is 2.65 bits per heavy atom. The number of hydrogen-bond donors (Lipinski definition) is 2. The molecule has 0 saturated carbocycles. The quantitative estimate of drug-likeness (QED) is 0.690. The van der Waals surface area contributed by atoms with Crippen molar-refractivity contribution in [2.75, 3.05) is 32.8 Å². The number of aliphatic hydroxyl groups excluding tert-OH is 1. The summed E-state index contributed by atoms with van der Waals surface area (Å²) in [5, 5.41) is 12.7. The van der Waals surface area contributed by atoms with E-state index in [1.807, 2.05) is 11.6 Å². The van der Waals surface area contributed by atoms with E-state index in [9.17, 15) is 5.11 Å². The first-order chi connectivity index (χ1) is 8.22. The van der Waals surface area contributed by atoms with Crippen LogP contribution in [0.3, 0.4) is 0 Å². The maximum absolute atomic E-state index is 9.38. The monoisotopic (exact) mass is 240 g/mol. The Bertz CT molecular complexity index is 309. The number of rotatable bonds is 8. The molecule has 1 atom stereocenters. The summed E-state index contributed by atoms with van der Waals surface area (Å²) in [5.41, 5.74) is 1.02. The van der Waals surface area contributed by atoms with E-state index >= 15 is 0 Å². The number of aliphatic hydroxyl groups is 1. The van der Waals surface area contributed by atoms with E-state index in [1.165, 1.54) is 0 Å². The first-order valence-electron chi connectivity index (χ1n) is 6.25. The van der Waals surface area contributed by atoms with Crippen LogP contribution in [0.1, 0.15) is 25.6 Å². The Hall–Kier alpha value is -0.910. The number of imidazole rings is 1. The van der Waals surface area contributed by atoms with Crippen LogP contribution in [-0.4, -0.2) is 52.3 Å². The summed E-state index contributed by atoms with van der Waals surface area (Å²) < 4.78 is 1.94. The molecule has 0 aliphatic heterocycles. The second kappa shape index (κ2) is 7.42. The molecule has 1 unspecified atom stereocenters. The van der Waals surface area contributed by atoms with Crippen LogP contribution in [0.15, 0.2) is 12.5 Å². The van der Waals surface area contributed by atoms with Gasteiger partial charge in [-0.25, -0.2) is 4.98 Å². The Kier molecular flexibility index (Phi) is 6.18. The van der Waals surface area contributed by atoms with Gasteiger partial charge in [0.15, 0.2) is 0 Å². The Balaban J connectivity index is 2.41. The van der Waals surface area contributed by atoms with Gasteiger partial charge in [-0.2, -0.15) is 0 Å². The number of nitrogens with zero attached hydrogens (tertiary/aromatic N) is 3. The summed E-state index contributed by atoms with van der Waals surface area (Å²) in [6, 6.07) is -0.0296. The van der Waals surface area contributed by atoms with Crippen molar-refractivity contribution in [3.05, 3.63) is 18.2 Å². The molecule has 0 aliphatic carbocycles. The molecular weight excluding hydrogens is 216 g/mol. The van der Waals surface area contributed by atoms with E-state index in [-0.39, 0.29) is 12.6 Å². The Labute approximate surface area is 103 Å². The van der Waals surface area contributed by atoms with Gasteiger partial charge in [0.05, 0.1) is 24.7 Å². The average molecular weight is 240 g/mol. The molecule has 1 rings (SSSR count). The van der Waals surface area contributed by atoms with Crippen molar-refractivity contribution in [1.29, 1.82) is 0 Å². The van der Waals surface area contributed by atoms with Crippen molar-refractivity contribution in [2.24, 2.45) is 7.05 Å². The maximum atomic E-state index is 9.38. The van der Waals surface area contributed by atoms with Gasteiger partial charge in [0.25, 0.3) is 0 Å². The number of aryl methyl sites for hydroxylation is 1. The fourth-order valence-electron chi connectivity index (χ4n) is 1.90. The predicted octanol–water partition coefficient (Wildman–Crippen LogP) is 0.385. The number of nitrogens with one attached hydrogen (secondary N) is 1. The predicted molar refractivity (Wildman–Crippen MR) is 68.8 cm³/mol. The third-order valence-electron chi connectivity index (χ3n) is 3.11. The molecule has 0 radical (unpaired) electrons. The molecule has 5 heteroatoms. The van der Waals surface area contributed by atoms with Crippen molar-refractivity contribution in [1.82, 2.24) is 19.8 Å². The van der Waals surface area contributed by atoms with E-state index < -0.39 is 0 Å². The zero-order valence-corrected chi connectivity index (χ0v) is 11.1. The van der Waals surface area contributed by atoms with Gasteiger partial charge in [0, 0.05) is 26.3 Å². The minimum atomic E-state index is -0.0296. The molecule has 1 aromatic heterocycles. The molecule has 5 nitrogen and oxygen atoms in total. The maximum Gasteiger partial charge on any atom is 0.0946 e. The first kappa shape index (κ1) is 14.2. The lowest BCUT2D eigenvalue weighted by atomic mass is 10.2. The van der Waals surface area contributed by atoms with Crippen LogP contribution in [0.4, 0.5) is 0 Å². The minimum absolute atomic E-state index is 0.0296. The van der Waals surface area contributed by atoms with Crippen LogP contribution in [0.2, 0.25) is 0 Å². The van der Waals surface area contributed by atoms with E-state index in [0.29, 0.717) is 0 Å². The van der Waals surface area contributed by atoms with Crippen molar-refractivity contribution in [3.63, 3.8) is 0 Å². The molecule has 98 valence electrons. The molecule has 17 heavy (non-hydrogen) atoms. The van der Waals surface area contributed by atoms with Crippen molar-refractivity contribution in [2.45, 2.75) is 19.9 Å². The smallest absolute Gasteiger partial charge is 0.0946 e. The third-order valence-corrected chi connectivity index (χ3v) is 3.11. The molecule has 1 aromatic rings. The largest absolute Gasteiger partial charge is 0.394 e. The third kappa shape index (κ3) is 4.11. The van der Waals surface area contributed by atoms with Crippen LogP contribution in [-0.2, 0) is 7.05 Å². The van der Waals surface area contributed by atoms with E-state index in [1.54, 1.807) is 12.5 Å². The molecule has 0 spiro atoms. The summed E-state index contributed by atoms with van der Waals surface area (Å²) in [5.74, 6) is 0. The van der Waals surface area contributed by atoms with Gasteiger partial charge in [-0.1, -0.05) is 13.8 Å². The molecule has 0 saturated heterocycles. The van der Waals surface area contributed by atoms with Gasteiger partial charge in [0.2, 0.25) is 0 Å². The summed E-state index contributed by atoms with van der Waals surface area (Å²) in [4.78, 5) is 6.42. The SMILES string of the molecule is CCN(CC)CCNC(CO)c1cncn1C. The average Bonchev–Trinajstić information content (AvgIpc) is 2.76. The van der Waals surface area contributed by atoms with Crippen molar-refractivity contribution >= 4 is 0 Å². The van der Waals surface area contributed by atoms with Crippen LogP contribution in [0.25, 0.3) is 0 Å². The Morgan fingerprint density at radius 1 is 1.47 bits per heavy atom. The fourth-order valence-corrected chi connectivity index (χ4v) is 1.90. The second-order valence-electron chi connectivity index (χ2n) is 4.15. The number of hydrogen-bond acceptors (Lipinski definition) is 4. The topological polar surface area (TPSA) is 53.3 Å². The highest BCUT2D eigenvalue weighted by Gasteiger charge is 2.13. The molecule has 2 N–H and O–H groups in total. The standard InChI is InChI=1S/C12H24N4O/c1-4-16(5-2)7-6-14-11(9-17)12-8-13-10-15(12)3/h8,10-11,14,17H,4-7,9H2,1-3H3. The highest BCUT2D eigenvalue weighted by Crippen LogP contribution is 2.09. The van der Waals surface area contributed by atoms with E-state index in [4.69, 9.17) is 0 Å². The minimum Gasteiger partial charge on any atom is -0.394 e. The first-order valence-corrected chi connectivity index (χ1v) is 6.25. The van der Waals surface area contributed by atoms with Crippen molar-refractivity contribution < 1.29 is 5.11 Å². The number of likely N-dealkylation sites (N-methyl/N-ethyl adjacent to an activating group) is 1. The van der Waals surface area contributed by atoms with E-state index in [0.717, 1.165) is 31.9 Å². The normalized spacial score (nSPS) is 13.2. The highest BCUT2D eigenvalue weighted by atomic mass is 16.3. The lowest BCUT2D eigenvalue weighted by Crippen LogP contribution is -2.35. The van der Waals surface area contributed by atoms with Crippen LogP contribution >= 0.6 is 0 Å². The fraction of sp³-hybridized carbons (Fsp3) is 0.750. The summed E-state index contributed by atoms with van der Waals surface area (Å²) in [7, 11) is 1.94. The highest BCUT2D eigenvalue weighted by molar-refractivity contribution is 5.04. The zero-order chi connectivity index (χ0) is 12.7. The molecule has 1 heterocycles. The van der Waals surface area contributed by atoms with Gasteiger partial charge < -0.3 is 19.9 Å². The summed E-state index contributed by atoms with van der Waals surface area (Å²) >= 11 is 0. The molecular formula is C12H24N4O. The molecule has 0 aliphatic rings. The lowest BCUT2D eigenvalue weighted by Gasteiger charge is -2.21. The summed E-state index contributed by atoms with van der Waals surface area (Å²) in [6.07, 6.45) is 3.55. The van der Waals surface area contributed by atoms with E-state index in [2.05, 4.69) is 29.0 Å². The van der Waals surface area contributed by atoms with Crippen LogP contribution in [0.5, 0.6) is 0 Å². The molecule has 0 bridgehead atoms. The Morgan fingerprint density at radius 2 is 2.18 bits per heavy atom. The van der Waals surface area contributed by atoms with Gasteiger partial charge in [0.1, 0.15) is 0 Å². The van der Waals surface area contributed by atoms with Crippen LogP contribution < -0.4 is 5.32 Å². The van der Waals surface area contributed by atoms with Gasteiger partial charge in [-0.3, -0.25) is 0 Å². The molecule has 0 amide bonds. The molecule has 0 fully saturated rings. The van der Waals surface area contributed by atoms with Gasteiger partial charge >= 0.3 is 0 Å². The molecule has 0 aromatic carbocycles. The summed E-state index contributed by atoms with van der Waals surface area (Å²) in [6.45, 7) is 8.42. The second-order valence-corrected chi connectivity index (χ2v) is 4.15.